The number of carbonyl (C=O) groups excluding carboxylic acids is 2. The first-order valence-electron chi connectivity index (χ1n) is 10.7. The molecule has 1 aliphatic rings. The van der Waals surface area contributed by atoms with Crippen molar-refractivity contribution in [1.29, 1.82) is 0 Å². The number of para-hydroxylation sites is 2. The quantitative estimate of drug-likeness (QED) is 0.507. The summed E-state index contributed by atoms with van der Waals surface area (Å²) in [5, 5.41) is 14.7. The fourth-order valence-electron chi connectivity index (χ4n) is 3.70. The maximum atomic E-state index is 12.9. The van der Waals surface area contributed by atoms with Crippen LogP contribution in [0.25, 0.3) is 16.6 Å². The molecule has 0 atom stereocenters. The zero-order valence-electron chi connectivity index (χ0n) is 18.9. The van der Waals surface area contributed by atoms with Crippen molar-refractivity contribution in [2.24, 2.45) is 0 Å². The molecule has 0 bridgehead atoms. The van der Waals surface area contributed by atoms with E-state index in [-0.39, 0.29) is 17.8 Å². The molecule has 3 heterocycles. The minimum atomic E-state index is -0.333. The molecule has 2 amide bonds. The minimum absolute atomic E-state index is 0.0117. The number of hydrogen-bond donors (Lipinski definition) is 0. The van der Waals surface area contributed by atoms with Crippen LogP contribution in [0.3, 0.4) is 0 Å². The van der Waals surface area contributed by atoms with E-state index in [4.69, 9.17) is 9.47 Å². The zero-order valence-corrected chi connectivity index (χ0v) is 19.7. The molecule has 0 spiro atoms. The maximum absolute atomic E-state index is 12.9. The molecule has 0 unspecified atom stereocenters. The second-order valence-electron chi connectivity index (χ2n) is 7.44. The molecule has 0 saturated carbocycles. The molecule has 174 valence electrons. The van der Waals surface area contributed by atoms with E-state index in [9.17, 15) is 9.59 Å². The summed E-state index contributed by atoms with van der Waals surface area (Å²) in [5.41, 5.74) is 2.33. The molecule has 0 N–H and O–H groups in total. The third-order valence-electron chi connectivity index (χ3n) is 5.46. The van der Waals surface area contributed by atoms with Crippen LogP contribution in [0.1, 0.15) is 12.6 Å². The molecule has 4 rings (SSSR count). The van der Waals surface area contributed by atoms with E-state index < -0.39 is 0 Å². The number of carbonyl (C=O) groups is 2. The highest BCUT2D eigenvalue weighted by Gasteiger charge is 2.25. The van der Waals surface area contributed by atoms with Crippen molar-refractivity contribution in [2.45, 2.75) is 18.9 Å². The van der Waals surface area contributed by atoms with E-state index in [2.05, 4.69) is 15.3 Å². The number of hydrogen-bond acceptors (Lipinski definition) is 8. The summed E-state index contributed by atoms with van der Waals surface area (Å²) in [6.07, 6.45) is 1.42. The van der Waals surface area contributed by atoms with Gasteiger partial charge in [0.1, 0.15) is 22.0 Å². The fourth-order valence-corrected chi connectivity index (χ4v) is 4.57. The average Bonchev–Trinajstić information content (AvgIpc) is 3.30. The van der Waals surface area contributed by atoms with Crippen molar-refractivity contribution in [2.75, 3.05) is 45.6 Å². The summed E-state index contributed by atoms with van der Waals surface area (Å²) in [5.74, 6) is 0.884. The number of nitrogens with zero attached hydrogens (tertiary/aromatic N) is 6. The van der Waals surface area contributed by atoms with E-state index in [0.717, 1.165) is 22.3 Å². The van der Waals surface area contributed by atoms with Crippen molar-refractivity contribution >= 4 is 34.7 Å². The van der Waals surface area contributed by atoms with E-state index in [1.54, 1.807) is 34.7 Å². The van der Waals surface area contributed by atoms with Crippen LogP contribution in [0.2, 0.25) is 0 Å². The normalized spacial score (nSPS) is 13.9. The van der Waals surface area contributed by atoms with Gasteiger partial charge in [-0.3, -0.25) is 4.79 Å². The van der Waals surface area contributed by atoms with Gasteiger partial charge in [0.15, 0.2) is 0 Å². The lowest BCUT2D eigenvalue weighted by Gasteiger charge is -2.34. The molecule has 10 nitrogen and oxygen atoms in total. The number of methoxy groups -OCH3 is 1. The summed E-state index contributed by atoms with van der Waals surface area (Å²) in [4.78, 5) is 28.1. The second-order valence-corrected chi connectivity index (χ2v) is 8.40. The van der Waals surface area contributed by atoms with Crippen molar-refractivity contribution in [3.63, 3.8) is 0 Å². The van der Waals surface area contributed by atoms with Gasteiger partial charge in [0.05, 0.1) is 31.4 Å². The monoisotopic (exact) mass is 470 g/mol. The highest BCUT2D eigenvalue weighted by Crippen LogP contribution is 2.31. The van der Waals surface area contributed by atoms with E-state index in [1.165, 1.54) is 11.8 Å². The number of fused-ring (bicyclic) bond motifs is 1. The first kappa shape index (κ1) is 22.8. The molecule has 1 saturated heterocycles. The van der Waals surface area contributed by atoms with Crippen LogP contribution in [-0.2, 0) is 9.53 Å². The lowest BCUT2D eigenvalue weighted by Crippen LogP contribution is -2.51. The Bertz CT molecular complexity index is 1160. The van der Waals surface area contributed by atoms with Crippen LogP contribution in [0, 0.1) is 6.92 Å². The predicted molar refractivity (Wildman–Crippen MR) is 124 cm³/mol. The van der Waals surface area contributed by atoms with Gasteiger partial charge in [-0.25, -0.2) is 9.48 Å². The van der Waals surface area contributed by atoms with Gasteiger partial charge in [-0.15, -0.1) is 5.10 Å². The number of piperazine rings is 1. The minimum Gasteiger partial charge on any atom is -0.494 e. The summed E-state index contributed by atoms with van der Waals surface area (Å²) in [6.45, 7) is 5.88. The van der Waals surface area contributed by atoms with Crippen LogP contribution >= 0.6 is 11.8 Å². The van der Waals surface area contributed by atoms with Crippen LogP contribution in [0.4, 0.5) is 4.79 Å². The third-order valence-corrected chi connectivity index (χ3v) is 6.40. The van der Waals surface area contributed by atoms with E-state index in [0.29, 0.717) is 43.6 Å². The molecule has 0 radical (unpaired) electrons. The standard InChI is InChI=1S/C22H26N6O4S/c1-4-32-22(30)27-11-9-26(10-12-27)19(29)14-33-21-20-16(15(2)24-25-21)13-23-28(20)17-7-5-6-8-18(17)31-3/h5-8,13H,4,9-12,14H2,1-3H3. The Morgan fingerprint density at radius 1 is 1.09 bits per heavy atom. The largest absolute Gasteiger partial charge is 0.494 e. The van der Waals surface area contributed by atoms with Gasteiger partial charge in [0.25, 0.3) is 0 Å². The first-order valence-corrected chi connectivity index (χ1v) is 11.7. The Labute approximate surface area is 195 Å². The van der Waals surface area contributed by atoms with Crippen molar-refractivity contribution in [3.8, 4) is 11.4 Å². The third kappa shape index (κ3) is 4.72. The smallest absolute Gasteiger partial charge is 0.409 e. The number of aryl methyl sites for hydroxylation is 1. The lowest BCUT2D eigenvalue weighted by molar-refractivity contribution is -0.129. The SMILES string of the molecule is CCOC(=O)N1CCN(C(=O)CSc2nnc(C)c3cnn(-c4ccccc4OC)c23)CC1. The number of ether oxygens (including phenoxy) is 2. The molecular weight excluding hydrogens is 444 g/mol. The van der Waals surface area contributed by atoms with Crippen molar-refractivity contribution in [3.05, 3.63) is 36.2 Å². The Balaban J connectivity index is 1.51. The number of aromatic nitrogens is 4. The number of rotatable bonds is 6. The van der Waals surface area contributed by atoms with Crippen LogP contribution in [0.5, 0.6) is 5.75 Å². The van der Waals surface area contributed by atoms with Crippen molar-refractivity contribution < 1.29 is 19.1 Å². The van der Waals surface area contributed by atoms with Gasteiger partial charge in [-0.2, -0.15) is 10.2 Å². The summed E-state index contributed by atoms with van der Waals surface area (Å²) in [7, 11) is 1.62. The highest BCUT2D eigenvalue weighted by molar-refractivity contribution is 8.00. The molecule has 2 aromatic heterocycles. The Morgan fingerprint density at radius 3 is 2.55 bits per heavy atom. The number of amides is 2. The molecule has 0 aliphatic carbocycles. The van der Waals surface area contributed by atoms with Crippen molar-refractivity contribution in [1.82, 2.24) is 29.8 Å². The number of benzene rings is 1. The van der Waals surface area contributed by atoms with Gasteiger partial charge in [0.2, 0.25) is 5.91 Å². The van der Waals surface area contributed by atoms with Gasteiger partial charge < -0.3 is 19.3 Å². The van der Waals surface area contributed by atoms with Crippen LogP contribution in [-0.4, -0.2) is 87.4 Å². The van der Waals surface area contributed by atoms with Gasteiger partial charge >= 0.3 is 6.09 Å². The lowest BCUT2D eigenvalue weighted by atomic mass is 10.2. The van der Waals surface area contributed by atoms with Gasteiger partial charge in [-0.1, -0.05) is 23.9 Å². The fraction of sp³-hybridized carbons (Fsp3) is 0.409. The van der Waals surface area contributed by atoms with E-state index in [1.807, 2.05) is 31.2 Å². The zero-order chi connectivity index (χ0) is 23.4. The summed E-state index contributed by atoms with van der Waals surface area (Å²) >= 11 is 1.33. The second kappa shape index (κ2) is 10.1. The predicted octanol–water partition coefficient (Wildman–Crippen LogP) is 2.53. The molecule has 1 aromatic carbocycles. The van der Waals surface area contributed by atoms with Crippen LogP contribution in [0.15, 0.2) is 35.5 Å². The average molecular weight is 471 g/mol. The summed E-state index contributed by atoms with van der Waals surface area (Å²) < 4.78 is 12.3. The van der Waals surface area contributed by atoms with Gasteiger partial charge in [-0.05, 0) is 26.0 Å². The van der Waals surface area contributed by atoms with Crippen LogP contribution < -0.4 is 4.74 Å². The summed E-state index contributed by atoms with van der Waals surface area (Å²) in [6, 6.07) is 7.61. The molecule has 33 heavy (non-hydrogen) atoms. The molecule has 1 aliphatic heterocycles. The molecular formula is C22H26N6O4S. The molecule has 3 aromatic rings. The Morgan fingerprint density at radius 2 is 1.82 bits per heavy atom. The van der Waals surface area contributed by atoms with E-state index >= 15 is 0 Å². The Hall–Kier alpha value is -3.34. The van der Waals surface area contributed by atoms with Gasteiger partial charge in [0, 0.05) is 31.6 Å². The Kier molecular flexibility index (Phi) is 6.97. The first-order chi connectivity index (χ1) is 16.0. The highest BCUT2D eigenvalue weighted by atomic mass is 32.2. The molecule has 11 heteroatoms. The topological polar surface area (TPSA) is 103 Å². The molecule has 1 fully saturated rings. The number of thioether (sulfide) groups is 1. The maximum Gasteiger partial charge on any atom is 0.409 e.